The number of carbonyl (C=O) groups excluding carboxylic acids is 4. The summed E-state index contributed by atoms with van der Waals surface area (Å²) in [5.74, 6) is -1.96. The Bertz CT molecular complexity index is 3040. The molecule has 3 aliphatic rings. The van der Waals surface area contributed by atoms with Crippen LogP contribution in [0.3, 0.4) is 0 Å². The van der Waals surface area contributed by atoms with Gasteiger partial charge in [0.15, 0.2) is 5.58 Å². The molecule has 0 radical (unpaired) electrons. The van der Waals surface area contributed by atoms with Crippen molar-refractivity contribution < 1.29 is 23.7 Å². The number of hydrogen-bond donors (Lipinski definition) is 2. The summed E-state index contributed by atoms with van der Waals surface area (Å²) in [4.78, 5) is 62.3. The molecule has 15 heteroatoms. The van der Waals surface area contributed by atoms with E-state index in [-0.39, 0.29) is 29.2 Å². The monoisotopic (exact) mass is 911 g/mol. The zero-order valence-corrected chi connectivity index (χ0v) is 37.9. The van der Waals surface area contributed by atoms with Gasteiger partial charge in [-0.15, -0.1) is 0 Å². The highest BCUT2D eigenvalue weighted by Crippen LogP contribution is 2.41. The van der Waals surface area contributed by atoms with Crippen molar-refractivity contribution in [2.75, 3.05) is 11.4 Å². The average molecular weight is 913 g/mol. The van der Waals surface area contributed by atoms with E-state index in [0.29, 0.717) is 53.4 Å². The Morgan fingerprint density at radius 1 is 0.692 bits per heavy atom. The van der Waals surface area contributed by atoms with Crippen molar-refractivity contribution in [1.29, 1.82) is 0 Å². The van der Waals surface area contributed by atoms with Crippen LogP contribution in [0.2, 0.25) is 10.0 Å². The van der Waals surface area contributed by atoms with Gasteiger partial charge in [-0.05, 0) is 89.5 Å². The molecule has 2 unspecified atom stereocenters. The standard InChI is InChI=1S/C25H22ClN3O3.C23H19ClN4O3.C2H6/c1-28-12-3-6-21(25(28)32)29-13-11-16-14-15(7-9-20(16)29)17-4-2-5-18(23(17)26)19-8-10-22(30)27-24(19)31;1-28-10-9-14(26-28)12-19-18-6-5-13(11-20(18)31-27-19)15-3-2-4-16(22(15)24)17-7-8-21(29)25-23(17)30;1-2/h2-7,9,12,14,19H,8,10-11,13H2,1H3,(H,27,30,31);2-6,9-11,17H,7-8,12H2,1H3,(H,25,29,30);1-2H3. The third-order valence-corrected chi connectivity index (χ3v) is 12.8. The number of carbonyl (C=O) groups is 4. The first-order valence-electron chi connectivity index (χ1n) is 21.6. The molecule has 0 spiro atoms. The molecule has 65 heavy (non-hydrogen) atoms. The Balaban J connectivity index is 0.000000171. The summed E-state index contributed by atoms with van der Waals surface area (Å²) in [5.41, 5.74) is 10.2. The largest absolute Gasteiger partial charge is 0.356 e. The summed E-state index contributed by atoms with van der Waals surface area (Å²) in [5, 5.41) is 15.4. The summed E-state index contributed by atoms with van der Waals surface area (Å²) in [6, 6.07) is 29.0. The predicted octanol–water partition coefficient (Wildman–Crippen LogP) is 8.94. The van der Waals surface area contributed by atoms with Crippen molar-refractivity contribution in [1.82, 2.24) is 30.1 Å². The van der Waals surface area contributed by atoms with Crippen LogP contribution in [0.25, 0.3) is 33.2 Å². The first-order chi connectivity index (χ1) is 31.4. The maximum Gasteiger partial charge on any atom is 0.274 e. The number of fused-ring (bicyclic) bond motifs is 2. The van der Waals surface area contributed by atoms with E-state index in [0.717, 1.165) is 74.4 Å². The third kappa shape index (κ3) is 9.11. The number of piperidine rings is 2. The molecular formula is C50H47Cl2N7O6. The molecular weight excluding hydrogens is 865 g/mol. The number of hydrogen-bond acceptors (Lipinski definition) is 9. The van der Waals surface area contributed by atoms with E-state index in [1.165, 1.54) is 0 Å². The molecule has 0 bridgehead atoms. The second-order valence-corrected chi connectivity index (χ2v) is 16.7. The highest BCUT2D eigenvalue weighted by molar-refractivity contribution is 6.35. The van der Waals surface area contributed by atoms with Gasteiger partial charge >= 0.3 is 0 Å². The van der Waals surface area contributed by atoms with Crippen molar-refractivity contribution >= 4 is 69.2 Å². The molecule has 2 N–H and O–H groups in total. The molecule has 2 atom stereocenters. The molecule has 3 aliphatic heterocycles. The Labute approximate surface area is 385 Å². The van der Waals surface area contributed by atoms with Crippen LogP contribution in [0.5, 0.6) is 0 Å². The molecule has 13 nitrogen and oxygen atoms in total. The van der Waals surface area contributed by atoms with Gasteiger partial charge in [0.2, 0.25) is 23.6 Å². The fourth-order valence-corrected chi connectivity index (χ4v) is 9.42. The molecule has 6 heterocycles. The fraction of sp³-hybridized carbons (Fsp3) is 0.260. The minimum atomic E-state index is -0.441. The summed E-state index contributed by atoms with van der Waals surface area (Å²) < 4.78 is 8.92. The second kappa shape index (κ2) is 19.1. The summed E-state index contributed by atoms with van der Waals surface area (Å²) >= 11 is 13.5. The van der Waals surface area contributed by atoms with Crippen LogP contribution in [0.15, 0.2) is 113 Å². The van der Waals surface area contributed by atoms with Gasteiger partial charge < -0.3 is 14.0 Å². The number of benzene rings is 4. The van der Waals surface area contributed by atoms with Crippen LogP contribution in [-0.2, 0) is 46.1 Å². The number of rotatable bonds is 7. The molecule has 2 fully saturated rings. The SMILES string of the molecule is CC.Cn1ccc(Cc2noc3cc(-c4cccc(C5CCC(=O)NC5=O)c4Cl)ccc23)n1.Cn1cccc(N2CCc3cc(-c4cccc(C5CCC(=O)NC5=O)c4Cl)ccc32)c1=O. The summed E-state index contributed by atoms with van der Waals surface area (Å²) in [6.45, 7) is 4.74. The fourth-order valence-electron chi connectivity index (χ4n) is 8.69. The van der Waals surface area contributed by atoms with Crippen LogP contribution in [0.1, 0.15) is 79.4 Å². The van der Waals surface area contributed by atoms with Crippen molar-refractivity contribution in [3.63, 3.8) is 0 Å². The molecule has 10 rings (SSSR count). The molecule has 7 aromatic rings. The van der Waals surface area contributed by atoms with Crippen LogP contribution in [-0.4, -0.2) is 49.7 Å². The molecule has 2 saturated heterocycles. The van der Waals surface area contributed by atoms with E-state index in [2.05, 4.69) is 31.9 Å². The van der Waals surface area contributed by atoms with Crippen molar-refractivity contribution in [2.45, 2.75) is 64.2 Å². The lowest BCUT2D eigenvalue weighted by Gasteiger charge is -2.23. The number of amides is 4. The van der Waals surface area contributed by atoms with E-state index < -0.39 is 11.8 Å². The highest BCUT2D eigenvalue weighted by atomic mass is 35.5. The zero-order chi connectivity index (χ0) is 45.9. The van der Waals surface area contributed by atoms with Gasteiger partial charge in [0.05, 0.1) is 33.3 Å². The van der Waals surface area contributed by atoms with E-state index in [4.69, 9.17) is 27.7 Å². The Morgan fingerprint density at radius 3 is 1.91 bits per heavy atom. The zero-order valence-electron chi connectivity index (χ0n) is 36.4. The summed E-state index contributed by atoms with van der Waals surface area (Å²) in [6.07, 6.45) is 6.58. The van der Waals surface area contributed by atoms with Gasteiger partial charge in [-0.25, -0.2) is 0 Å². The number of aryl methyl sites for hydroxylation is 2. The van der Waals surface area contributed by atoms with E-state index >= 15 is 0 Å². The minimum Gasteiger partial charge on any atom is -0.356 e. The average Bonchev–Trinajstić information content (AvgIpc) is 4.04. The highest BCUT2D eigenvalue weighted by Gasteiger charge is 2.32. The Hall–Kier alpha value is -6.83. The van der Waals surface area contributed by atoms with Gasteiger partial charge in [-0.2, -0.15) is 5.10 Å². The number of nitrogens with one attached hydrogen (secondary N) is 2. The van der Waals surface area contributed by atoms with Gasteiger partial charge in [0, 0.05) is 74.5 Å². The molecule has 4 amide bonds. The number of halogens is 2. The number of anilines is 2. The van der Waals surface area contributed by atoms with Gasteiger partial charge in [0.25, 0.3) is 5.56 Å². The van der Waals surface area contributed by atoms with Gasteiger partial charge in [0.1, 0.15) is 5.69 Å². The summed E-state index contributed by atoms with van der Waals surface area (Å²) in [7, 11) is 3.63. The Kier molecular flexibility index (Phi) is 13.2. The van der Waals surface area contributed by atoms with E-state index in [1.54, 1.807) is 22.5 Å². The van der Waals surface area contributed by atoms with E-state index in [9.17, 15) is 24.0 Å². The Morgan fingerprint density at radius 2 is 1.31 bits per heavy atom. The van der Waals surface area contributed by atoms with Crippen molar-refractivity contribution in [3.8, 4) is 22.3 Å². The van der Waals surface area contributed by atoms with Crippen molar-refractivity contribution in [2.24, 2.45) is 14.1 Å². The lowest BCUT2D eigenvalue weighted by Crippen LogP contribution is -2.39. The third-order valence-electron chi connectivity index (χ3n) is 11.9. The van der Waals surface area contributed by atoms with Gasteiger partial charge in [-0.1, -0.05) is 90.7 Å². The molecule has 332 valence electrons. The molecule has 4 aromatic carbocycles. The number of pyridine rings is 1. The van der Waals surface area contributed by atoms with Crippen LogP contribution in [0.4, 0.5) is 11.4 Å². The first-order valence-corrected chi connectivity index (χ1v) is 22.4. The first kappa shape index (κ1) is 44.8. The molecule has 0 saturated carbocycles. The minimum absolute atomic E-state index is 0.0237. The maximum atomic E-state index is 12.6. The predicted molar refractivity (Wildman–Crippen MR) is 251 cm³/mol. The molecule has 3 aromatic heterocycles. The van der Waals surface area contributed by atoms with Crippen molar-refractivity contribution in [3.05, 3.63) is 152 Å². The smallest absolute Gasteiger partial charge is 0.274 e. The number of imide groups is 2. The van der Waals surface area contributed by atoms with Crippen LogP contribution in [0, 0.1) is 0 Å². The second-order valence-electron chi connectivity index (χ2n) is 16.0. The lowest BCUT2D eigenvalue weighted by molar-refractivity contribution is -0.135. The van der Waals surface area contributed by atoms with E-state index in [1.807, 2.05) is 112 Å². The lowest BCUT2D eigenvalue weighted by atomic mass is 9.88. The van der Waals surface area contributed by atoms with Gasteiger partial charge in [-0.3, -0.25) is 39.3 Å². The normalized spacial score (nSPS) is 16.9. The number of nitrogens with zero attached hydrogens (tertiary/aromatic N) is 5. The quantitative estimate of drug-likeness (QED) is 0.149. The van der Waals surface area contributed by atoms with Crippen LogP contribution >= 0.6 is 23.2 Å². The number of aromatic nitrogens is 4. The topological polar surface area (TPSA) is 161 Å². The molecule has 0 aliphatic carbocycles. The maximum absolute atomic E-state index is 12.6. The van der Waals surface area contributed by atoms with Crippen LogP contribution < -0.4 is 21.1 Å².